The Kier molecular flexibility index (Phi) is 8.21. The minimum Gasteiger partial charge on any atom is -0.345 e. The highest BCUT2D eigenvalue weighted by Crippen LogP contribution is 2.08. The molecule has 4 nitrogen and oxygen atoms in total. The zero-order chi connectivity index (χ0) is 12.6. The lowest BCUT2D eigenvalue weighted by Gasteiger charge is -2.22. The maximum atomic E-state index is 11.9. The molecule has 0 aliphatic carbocycles. The molecule has 4 heteroatoms. The molecule has 0 aromatic heterocycles. The highest BCUT2D eigenvalue weighted by atomic mass is 16.2. The van der Waals surface area contributed by atoms with E-state index in [9.17, 15) is 4.79 Å². The summed E-state index contributed by atoms with van der Waals surface area (Å²) < 4.78 is 0. The van der Waals surface area contributed by atoms with Gasteiger partial charge in [-0.05, 0) is 46.4 Å². The molecule has 0 fully saturated rings. The fraction of sp³-hybridized carbons (Fsp3) is 0.917. The van der Waals surface area contributed by atoms with Crippen molar-refractivity contribution in [1.82, 2.24) is 9.80 Å². The minimum absolute atomic E-state index is 0.105. The Balaban J connectivity index is 3.79. The molecular weight excluding hydrogens is 202 g/mol. The fourth-order valence-corrected chi connectivity index (χ4v) is 1.66. The summed E-state index contributed by atoms with van der Waals surface area (Å²) in [5.41, 5.74) is 5.44. The van der Waals surface area contributed by atoms with Crippen LogP contribution in [-0.2, 0) is 4.79 Å². The molecule has 16 heavy (non-hydrogen) atoms. The smallest absolute Gasteiger partial charge is 0.225 e. The molecule has 96 valence electrons. The van der Waals surface area contributed by atoms with Crippen LogP contribution in [-0.4, -0.2) is 56.5 Å². The summed E-state index contributed by atoms with van der Waals surface area (Å²) in [7, 11) is 5.98. The van der Waals surface area contributed by atoms with Gasteiger partial charge >= 0.3 is 0 Å². The van der Waals surface area contributed by atoms with E-state index in [0.717, 1.165) is 32.4 Å². The van der Waals surface area contributed by atoms with Crippen molar-refractivity contribution in [3.8, 4) is 0 Å². The summed E-state index contributed by atoms with van der Waals surface area (Å²) in [4.78, 5) is 15.9. The topological polar surface area (TPSA) is 49.6 Å². The van der Waals surface area contributed by atoms with E-state index in [1.165, 1.54) is 0 Å². The summed E-state index contributed by atoms with van der Waals surface area (Å²) in [5.74, 6) is 0.347. The summed E-state index contributed by atoms with van der Waals surface area (Å²) in [6.45, 7) is 4.52. The van der Waals surface area contributed by atoms with Gasteiger partial charge in [0.1, 0.15) is 0 Å². The Bertz CT molecular complexity index is 195. The highest BCUT2D eigenvalue weighted by molar-refractivity contribution is 5.78. The molecule has 0 saturated carbocycles. The van der Waals surface area contributed by atoms with Gasteiger partial charge in [0.15, 0.2) is 0 Å². The molecule has 0 aromatic carbocycles. The first-order valence-electron chi connectivity index (χ1n) is 6.08. The van der Waals surface area contributed by atoms with Gasteiger partial charge in [0.05, 0.1) is 0 Å². The molecule has 0 bridgehead atoms. The summed E-state index contributed by atoms with van der Waals surface area (Å²) in [6, 6.07) is 0. The SMILES string of the molecule is CC(CCCN)C(=O)N(C)CCCN(C)C. The van der Waals surface area contributed by atoms with Crippen LogP contribution < -0.4 is 5.73 Å². The van der Waals surface area contributed by atoms with Crippen LogP contribution in [0.2, 0.25) is 0 Å². The number of hydrogen-bond acceptors (Lipinski definition) is 3. The molecule has 0 heterocycles. The Morgan fingerprint density at radius 1 is 1.19 bits per heavy atom. The van der Waals surface area contributed by atoms with E-state index in [4.69, 9.17) is 5.73 Å². The standard InChI is InChI=1S/C12H27N3O/c1-11(7-5-8-13)12(16)15(4)10-6-9-14(2)3/h11H,5-10,13H2,1-4H3. The molecule has 1 amide bonds. The monoisotopic (exact) mass is 229 g/mol. The second kappa shape index (κ2) is 8.53. The Morgan fingerprint density at radius 2 is 1.81 bits per heavy atom. The second-order valence-electron chi connectivity index (χ2n) is 4.75. The zero-order valence-electron chi connectivity index (χ0n) is 11.2. The highest BCUT2D eigenvalue weighted by Gasteiger charge is 2.16. The van der Waals surface area contributed by atoms with E-state index in [2.05, 4.69) is 4.90 Å². The fourth-order valence-electron chi connectivity index (χ4n) is 1.66. The summed E-state index contributed by atoms with van der Waals surface area (Å²) in [6.07, 6.45) is 2.85. The Hall–Kier alpha value is -0.610. The number of carbonyl (C=O) groups excluding carboxylic acids is 1. The van der Waals surface area contributed by atoms with Crippen LogP contribution in [0.4, 0.5) is 0 Å². The van der Waals surface area contributed by atoms with Crippen molar-refractivity contribution >= 4 is 5.91 Å². The molecule has 0 aliphatic heterocycles. The van der Waals surface area contributed by atoms with Crippen LogP contribution in [0.1, 0.15) is 26.2 Å². The second-order valence-corrected chi connectivity index (χ2v) is 4.75. The van der Waals surface area contributed by atoms with E-state index in [1.807, 2.05) is 33.0 Å². The summed E-state index contributed by atoms with van der Waals surface area (Å²) in [5, 5.41) is 0. The number of amides is 1. The first-order chi connectivity index (χ1) is 7.49. The van der Waals surface area contributed by atoms with Gasteiger partial charge in [-0.1, -0.05) is 6.92 Å². The van der Waals surface area contributed by atoms with Gasteiger partial charge in [0.25, 0.3) is 0 Å². The molecule has 0 aromatic rings. The number of nitrogens with two attached hydrogens (primary N) is 1. The first-order valence-corrected chi connectivity index (χ1v) is 6.08. The number of nitrogens with zero attached hydrogens (tertiary/aromatic N) is 2. The third-order valence-electron chi connectivity index (χ3n) is 2.74. The van der Waals surface area contributed by atoms with Crippen molar-refractivity contribution in [1.29, 1.82) is 0 Å². The largest absolute Gasteiger partial charge is 0.345 e. The molecule has 0 aliphatic rings. The van der Waals surface area contributed by atoms with Gasteiger partial charge in [0.2, 0.25) is 5.91 Å². The molecule has 0 rings (SSSR count). The molecule has 0 radical (unpaired) electrons. The molecular formula is C12H27N3O. The lowest BCUT2D eigenvalue weighted by atomic mass is 10.0. The van der Waals surface area contributed by atoms with Gasteiger partial charge < -0.3 is 15.5 Å². The Morgan fingerprint density at radius 3 is 2.31 bits per heavy atom. The van der Waals surface area contributed by atoms with Crippen LogP contribution in [0.15, 0.2) is 0 Å². The number of rotatable bonds is 8. The predicted octanol–water partition coefficient (Wildman–Crippen LogP) is 0.772. The number of hydrogen-bond donors (Lipinski definition) is 1. The third-order valence-corrected chi connectivity index (χ3v) is 2.74. The lowest BCUT2D eigenvalue weighted by Crippen LogP contribution is -2.33. The molecule has 1 unspecified atom stereocenters. The first kappa shape index (κ1) is 15.4. The predicted molar refractivity (Wildman–Crippen MR) is 68.3 cm³/mol. The van der Waals surface area contributed by atoms with Crippen LogP contribution in [0.3, 0.4) is 0 Å². The normalized spacial score (nSPS) is 12.9. The maximum absolute atomic E-state index is 11.9. The Labute approximate surface area is 99.8 Å². The van der Waals surface area contributed by atoms with E-state index < -0.39 is 0 Å². The third kappa shape index (κ3) is 6.80. The minimum atomic E-state index is 0.105. The van der Waals surface area contributed by atoms with Crippen LogP contribution in [0.25, 0.3) is 0 Å². The summed E-state index contributed by atoms with van der Waals surface area (Å²) >= 11 is 0. The van der Waals surface area contributed by atoms with Gasteiger partial charge in [-0.3, -0.25) is 4.79 Å². The van der Waals surface area contributed by atoms with E-state index in [1.54, 1.807) is 0 Å². The van der Waals surface area contributed by atoms with Gasteiger partial charge in [-0.25, -0.2) is 0 Å². The van der Waals surface area contributed by atoms with E-state index in [-0.39, 0.29) is 11.8 Å². The molecule has 0 saturated heterocycles. The quantitative estimate of drug-likeness (QED) is 0.669. The average Bonchev–Trinajstić information content (AvgIpc) is 2.24. The maximum Gasteiger partial charge on any atom is 0.225 e. The molecule has 1 atom stereocenters. The molecule has 2 N–H and O–H groups in total. The van der Waals surface area contributed by atoms with Crippen LogP contribution in [0.5, 0.6) is 0 Å². The van der Waals surface area contributed by atoms with E-state index in [0.29, 0.717) is 6.54 Å². The number of carbonyl (C=O) groups is 1. The van der Waals surface area contributed by atoms with Gasteiger partial charge in [0, 0.05) is 19.5 Å². The van der Waals surface area contributed by atoms with Crippen molar-refractivity contribution in [2.24, 2.45) is 11.7 Å². The van der Waals surface area contributed by atoms with Crippen molar-refractivity contribution in [3.05, 3.63) is 0 Å². The van der Waals surface area contributed by atoms with Crippen molar-refractivity contribution in [2.45, 2.75) is 26.2 Å². The van der Waals surface area contributed by atoms with Crippen LogP contribution in [0, 0.1) is 5.92 Å². The zero-order valence-corrected chi connectivity index (χ0v) is 11.2. The van der Waals surface area contributed by atoms with E-state index >= 15 is 0 Å². The van der Waals surface area contributed by atoms with Gasteiger partial charge in [-0.15, -0.1) is 0 Å². The molecule has 0 spiro atoms. The van der Waals surface area contributed by atoms with Gasteiger partial charge in [-0.2, -0.15) is 0 Å². The lowest BCUT2D eigenvalue weighted by molar-refractivity contribution is -0.133. The van der Waals surface area contributed by atoms with Crippen molar-refractivity contribution in [2.75, 3.05) is 40.8 Å². The van der Waals surface area contributed by atoms with Crippen molar-refractivity contribution in [3.63, 3.8) is 0 Å². The van der Waals surface area contributed by atoms with Crippen molar-refractivity contribution < 1.29 is 4.79 Å². The average molecular weight is 229 g/mol. The van der Waals surface area contributed by atoms with Crippen LogP contribution >= 0.6 is 0 Å².